The van der Waals surface area contributed by atoms with Crippen molar-refractivity contribution in [1.82, 2.24) is 0 Å². The Morgan fingerprint density at radius 3 is 2.53 bits per heavy atom. The standard InChI is InChI=1S/C13H20O2/c1-8(2)11-6-12(14)10(5)13(7-11)15-9(3)4/h9,11H,1,6-7H2,2-5H3. The van der Waals surface area contributed by atoms with Gasteiger partial charge in [0.25, 0.3) is 0 Å². The highest BCUT2D eigenvalue weighted by Gasteiger charge is 2.26. The largest absolute Gasteiger partial charge is 0.495 e. The van der Waals surface area contributed by atoms with Gasteiger partial charge in [0.2, 0.25) is 0 Å². The lowest BCUT2D eigenvalue weighted by Crippen LogP contribution is -2.21. The average molecular weight is 208 g/mol. The van der Waals surface area contributed by atoms with Gasteiger partial charge in [-0.15, -0.1) is 0 Å². The van der Waals surface area contributed by atoms with Crippen LogP contribution >= 0.6 is 0 Å². The predicted molar refractivity (Wildman–Crippen MR) is 61.5 cm³/mol. The van der Waals surface area contributed by atoms with E-state index in [0.29, 0.717) is 6.42 Å². The number of Topliss-reactive ketones (excluding diaryl/α,β-unsaturated/α-hetero) is 1. The number of rotatable bonds is 3. The van der Waals surface area contributed by atoms with Gasteiger partial charge < -0.3 is 4.74 Å². The van der Waals surface area contributed by atoms with E-state index in [0.717, 1.165) is 23.3 Å². The molecule has 15 heavy (non-hydrogen) atoms. The molecule has 0 N–H and O–H groups in total. The van der Waals surface area contributed by atoms with Crippen molar-refractivity contribution in [2.45, 2.75) is 46.6 Å². The summed E-state index contributed by atoms with van der Waals surface area (Å²) in [6.45, 7) is 11.7. The molecular formula is C13H20O2. The molecular weight excluding hydrogens is 188 g/mol. The van der Waals surface area contributed by atoms with E-state index in [4.69, 9.17) is 4.74 Å². The minimum absolute atomic E-state index is 0.131. The summed E-state index contributed by atoms with van der Waals surface area (Å²) in [4.78, 5) is 11.7. The molecule has 2 nitrogen and oxygen atoms in total. The molecule has 0 aliphatic heterocycles. The van der Waals surface area contributed by atoms with Crippen LogP contribution in [0.4, 0.5) is 0 Å². The third-order valence-corrected chi connectivity index (χ3v) is 2.77. The van der Waals surface area contributed by atoms with E-state index in [-0.39, 0.29) is 17.8 Å². The molecule has 1 aliphatic rings. The van der Waals surface area contributed by atoms with Crippen LogP contribution < -0.4 is 0 Å². The first kappa shape index (κ1) is 12.0. The van der Waals surface area contributed by atoms with Gasteiger partial charge in [-0.3, -0.25) is 4.79 Å². The highest BCUT2D eigenvalue weighted by atomic mass is 16.5. The first-order chi connectivity index (χ1) is 6.91. The van der Waals surface area contributed by atoms with Gasteiger partial charge in [0.1, 0.15) is 5.76 Å². The van der Waals surface area contributed by atoms with Crippen molar-refractivity contribution in [3.63, 3.8) is 0 Å². The van der Waals surface area contributed by atoms with Gasteiger partial charge >= 0.3 is 0 Å². The second-order valence-corrected chi connectivity index (χ2v) is 4.59. The van der Waals surface area contributed by atoms with Crippen LogP contribution in [-0.2, 0) is 9.53 Å². The van der Waals surface area contributed by atoms with Crippen molar-refractivity contribution >= 4 is 5.78 Å². The van der Waals surface area contributed by atoms with Gasteiger partial charge in [0, 0.05) is 18.4 Å². The number of ketones is 1. The molecule has 1 unspecified atom stereocenters. The van der Waals surface area contributed by atoms with Crippen molar-refractivity contribution in [2.75, 3.05) is 0 Å². The molecule has 0 bridgehead atoms. The van der Waals surface area contributed by atoms with E-state index >= 15 is 0 Å². The average Bonchev–Trinajstić information content (AvgIpc) is 2.11. The quantitative estimate of drug-likeness (QED) is 0.665. The lowest BCUT2D eigenvalue weighted by Gasteiger charge is -2.26. The van der Waals surface area contributed by atoms with Crippen LogP contribution in [-0.4, -0.2) is 11.9 Å². The van der Waals surface area contributed by atoms with Crippen LogP contribution in [0.3, 0.4) is 0 Å². The Kier molecular flexibility index (Phi) is 3.72. The van der Waals surface area contributed by atoms with Crippen LogP contribution in [0.25, 0.3) is 0 Å². The van der Waals surface area contributed by atoms with Gasteiger partial charge in [-0.05, 0) is 33.6 Å². The highest BCUT2D eigenvalue weighted by Crippen LogP contribution is 2.32. The molecule has 0 aromatic heterocycles. The Bertz CT molecular complexity index is 310. The van der Waals surface area contributed by atoms with Gasteiger partial charge in [-0.25, -0.2) is 0 Å². The van der Waals surface area contributed by atoms with Gasteiger partial charge in [-0.1, -0.05) is 12.2 Å². The smallest absolute Gasteiger partial charge is 0.162 e. The Morgan fingerprint density at radius 1 is 1.47 bits per heavy atom. The van der Waals surface area contributed by atoms with E-state index in [2.05, 4.69) is 6.58 Å². The summed E-state index contributed by atoms with van der Waals surface area (Å²) in [5.41, 5.74) is 1.86. The topological polar surface area (TPSA) is 26.3 Å². The fraction of sp³-hybridized carbons (Fsp3) is 0.615. The second-order valence-electron chi connectivity index (χ2n) is 4.59. The van der Waals surface area contributed by atoms with Crippen LogP contribution in [0.15, 0.2) is 23.5 Å². The highest BCUT2D eigenvalue weighted by molar-refractivity contribution is 5.96. The van der Waals surface area contributed by atoms with Crippen LogP contribution in [0.5, 0.6) is 0 Å². The molecule has 0 saturated heterocycles. The van der Waals surface area contributed by atoms with Crippen LogP contribution in [0.2, 0.25) is 0 Å². The normalized spacial score (nSPS) is 22.2. The minimum atomic E-state index is 0.131. The molecule has 0 saturated carbocycles. The summed E-state index contributed by atoms with van der Waals surface area (Å²) < 4.78 is 5.67. The maximum Gasteiger partial charge on any atom is 0.162 e. The zero-order valence-corrected chi connectivity index (χ0v) is 10.1. The lowest BCUT2D eigenvalue weighted by atomic mass is 9.84. The number of carbonyl (C=O) groups is 1. The van der Waals surface area contributed by atoms with E-state index in [1.54, 1.807) is 0 Å². The third kappa shape index (κ3) is 2.95. The van der Waals surface area contributed by atoms with Crippen LogP contribution in [0, 0.1) is 5.92 Å². The van der Waals surface area contributed by atoms with E-state index < -0.39 is 0 Å². The zero-order chi connectivity index (χ0) is 11.6. The Hall–Kier alpha value is -1.05. The van der Waals surface area contributed by atoms with Crippen molar-refractivity contribution in [2.24, 2.45) is 5.92 Å². The molecule has 1 atom stereocenters. The fourth-order valence-corrected chi connectivity index (χ4v) is 1.75. The van der Waals surface area contributed by atoms with E-state index in [1.165, 1.54) is 0 Å². The van der Waals surface area contributed by atoms with E-state index in [9.17, 15) is 4.79 Å². The molecule has 1 aliphatic carbocycles. The van der Waals surface area contributed by atoms with Crippen molar-refractivity contribution in [3.8, 4) is 0 Å². The molecule has 0 spiro atoms. The third-order valence-electron chi connectivity index (χ3n) is 2.77. The molecule has 0 aromatic rings. The summed E-state index contributed by atoms with van der Waals surface area (Å²) in [5, 5.41) is 0. The molecule has 84 valence electrons. The second kappa shape index (κ2) is 4.65. The van der Waals surface area contributed by atoms with Crippen molar-refractivity contribution < 1.29 is 9.53 Å². The monoisotopic (exact) mass is 208 g/mol. The number of carbonyl (C=O) groups excluding carboxylic acids is 1. The summed E-state index contributed by atoms with van der Waals surface area (Å²) >= 11 is 0. The fourth-order valence-electron chi connectivity index (χ4n) is 1.75. The molecule has 1 rings (SSSR count). The van der Waals surface area contributed by atoms with Gasteiger partial charge in [0.15, 0.2) is 5.78 Å². The summed E-state index contributed by atoms with van der Waals surface area (Å²) in [7, 11) is 0. The SMILES string of the molecule is C=C(C)C1CC(=O)C(C)=C(OC(C)C)C1. The maximum atomic E-state index is 11.7. The maximum absolute atomic E-state index is 11.7. The molecule has 2 heteroatoms. The number of hydrogen-bond donors (Lipinski definition) is 0. The van der Waals surface area contributed by atoms with Gasteiger partial charge in [0.05, 0.1) is 6.10 Å². The summed E-state index contributed by atoms with van der Waals surface area (Å²) in [6.07, 6.45) is 1.55. The predicted octanol–water partition coefficient (Wildman–Crippen LogP) is 3.24. The first-order valence-electron chi connectivity index (χ1n) is 5.46. The molecule has 0 fully saturated rings. The summed E-state index contributed by atoms with van der Waals surface area (Å²) in [6, 6.07) is 0. The Balaban J connectivity index is 2.86. The summed E-state index contributed by atoms with van der Waals surface area (Å²) in [5.74, 6) is 1.31. The minimum Gasteiger partial charge on any atom is -0.495 e. The van der Waals surface area contributed by atoms with Crippen molar-refractivity contribution in [3.05, 3.63) is 23.5 Å². The number of allylic oxidation sites excluding steroid dienone is 3. The lowest BCUT2D eigenvalue weighted by molar-refractivity contribution is -0.117. The molecule has 0 aromatic carbocycles. The van der Waals surface area contributed by atoms with Crippen LogP contribution in [0.1, 0.15) is 40.5 Å². The molecule has 0 heterocycles. The first-order valence-corrected chi connectivity index (χ1v) is 5.46. The molecule has 0 radical (unpaired) electrons. The van der Waals surface area contributed by atoms with E-state index in [1.807, 2.05) is 27.7 Å². The number of hydrogen-bond acceptors (Lipinski definition) is 2. The Morgan fingerprint density at radius 2 is 2.07 bits per heavy atom. The Labute approximate surface area is 92.0 Å². The zero-order valence-electron chi connectivity index (χ0n) is 10.1. The number of ether oxygens (including phenoxy) is 1. The molecule has 0 amide bonds. The van der Waals surface area contributed by atoms with Crippen molar-refractivity contribution in [1.29, 1.82) is 0 Å². The van der Waals surface area contributed by atoms with Gasteiger partial charge in [-0.2, -0.15) is 0 Å².